The fraction of sp³-hybridized carbons (Fsp3) is 0.200. The molecule has 78 valence electrons. The Morgan fingerprint density at radius 2 is 2.20 bits per heavy atom. The third-order valence-corrected chi connectivity index (χ3v) is 2.26. The zero-order valence-electron chi connectivity index (χ0n) is 8.53. The number of halogens is 1. The second-order valence-electron chi connectivity index (χ2n) is 3.22. The Labute approximate surface area is 97.1 Å². The molecule has 0 atom stereocenters. The third-order valence-electron chi connectivity index (χ3n) is 1.63. The fourth-order valence-corrected chi connectivity index (χ4v) is 1.56. The molecular formula is C10H11BrN4. The summed E-state index contributed by atoms with van der Waals surface area (Å²) in [6.07, 6.45) is 1.63. The lowest BCUT2D eigenvalue weighted by Gasteiger charge is -2.05. The van der Waals surface area contributed by atoms with Crippen molar-refractivity contribution < 1.29 is 0 Å². The Bertz CT molecular complexity index is 432. The Balaban J connectivity index is 3.22. The fourth-order valence-electron chi connectivity index (χ4n) is 1.00. The summed E-state index contributed by atoms with van der Waals surface area (Å²) in [7, 11) is 3.72. The summed E-state index contributed by atoms with van der Waals surface area (Å²) in [4.78, 5) is 5.96. The highest BCUT2D eigenvalue weighted by molar-refractivity contribution is 9.10. The van der Waals surface area contributed by atoms with E-state index in [0.29, 0.717) is 21.4 Å². The largest absolute Gasteiger partial charge is 0.399 e. The maximum atomic E-state index is 8.95. The van der Waals surface area contributed by atoms with E-state index < -0.39 is 0 Å². The Morgan fingerprint density at radius 3 is 2.73 bits per heavy atom. The van der Waals surface area contributed by atoms with Gasteiger partial charge in [0, 0.05) is 24.3 Å². The molecule has 0 saturated heterocycles. The number of aliphatic imine (C=N–C) groups is 1. The molecule has 0 unspecified atom stereocenters. The first-order valence-electron chi connectivity index (χ1n) is 4.24. The zero-order valence-corrected chi connectivity index (χ0v) is 10.1. The number of rotatable bonds is 2. The minimum atomic E-state index is 0.488. The molecule has 15 heavy (non-hydrogen) atoms. The predicted molar refractivity (Wildman–Crippen MR) is 65.1 cm³/mol. The lowest BCUT2D eigenvalue weighted by molar-refractivity contribution is 0.643. The quantitative estimate of drug-likeness (QED) is 0.507. The molecular weight excluding hydrogens is 256 g/mol. The number of nitriles is 1. The zero-order chi connectivity index (χ0) is 11.4. The van der Waals surface area contributed by atoms with Crippen LogP contribution in [0.2, 0.25) is 0 Å². The summed E-state index contributed by atoms with van der Waals surface area (Å²) in [5.41, 5.74) is 7.29. The SMILES string of the molecule is CN(C)/C=N/c1cc(N)cc(Br)c1C#N. The molecule has 1 aromatic carbocycles. The average Bonchev–Trinajstić information content (AvgIpc) is 2.13. The molecule has 1 rings (SSSR count). The maximum absolute atomic E-state index is 8.95. The Kier molecular flexibility index (Phi) is 3.69. The van der Waals surface area contributed by atoms with Gasteiger partial charge in [0.2, 0.25) is 0 Å². The van der Waals surface area contributed by atoms with Crippen molar-refractivity contribution in [2.75, 3.05) is 19.8 Å². The maximum Gasteiger partial charge on any atom is 0.103 e. The van der Waals surface area contributed by atoms with Gasteiger partial charge in [-0.05, 0) is 28.1 Å². The summed E-state index contributed by atoms with van der Waals surface area (Å²) in [6, 6.07) is 5.44. The van der Waals surface area contributed by atoms with Crippen molar-refractivity contribution in [2.45, 2.75) is 0 Å². The van der Waals surface area contributed by atoms with Crippen molar-refractivity contribution in [1.29, 1.82) is 5.26 Å². The van der Waals surface area contributed by atoms with Gasteiger partial charge in [-0.2, -0.15) is 5.26 Å². The van der Waals surface area contributed by atoms with E-state index in [1.165, 1.54) is 0 Å². The van der Waals surface area contributed by atoms with Crippen LogP contribution in [0.4, 0.5) is 11.4 Å². The molecule has 0 aliphatic heterocycles. The monoisotopic (exact) mass is 266 g/mol. The van der Waals surface area contributed by atoms with Crippen LogP contribution in [0.25, 0.3) is 0 Å². The van der Waals surface area contributed by atoms with Gasteiger partial charge in [-0.25, -0.2) is 4.99 Å². The van der Waals surface area contributed by atoms with Gasteiger partial charge < -0.3 is 10.6 Å². The molecule has 0 aliphatic rings. The second kappa shape index (κ2) is 4.80. The van der Waals surface area contributed by atoms with Crippen LogP contribution in [0.15, 0.2) is 21.6 Å². The lowest BCUT2D eigenvalue weighted by Crippen LogP contribution is -2.07. The van der Waals surface area contributed by atoms with Crippen molar-refractivity contribution in [3.8, 4) is 6.07 Å². The summed E-state index contributed by atoms with van der Waals surface area (Å²) < 4.78 is 0.663. The molecule has 0 saturated carbocycles. The highest BCUT2D eigenvalue weighted by Crippen LogP contribution is 2.29. The van der Waals surface area contributed by atoms with Crippen LogP contribution in [0.1, 0.15) is 5.56 Å². The Hall–Kier alpha value is -1.54. The van der Waals surface area contributed by atoms with Crippen molar-refractivity contribution in [3.63, 3.8) is 0 Å². The molecule has 1 aromatic rings. The molecule has 0 spiro atoms. The first kappa shape index (κ1) is 11.5. The minimum absolute atomic E-state index is 0.488. The summed E-state index contributed by atoms with van der Waals surface area (Å²) in [6.45, 7) is 0. The van der Waals surface area contributed by atoms with Gasteiger partial charge >= 0.3 is 0 Å². The van der Waals surface area contributed by atoms with Gasteiger partial charge in [-0.1, -0.05) is 0 Å². The molecule has 0 aromatic heterocycles. The van der Waals surface area contributed by atoms with Crippen molar-refractivity contribution in [1.82, 2.24) is 4.90 Å². The lowest BCUT2D eigenvalue weighted by atomic mass is 10.2. The van der Waals surface area contributed by atoms with E-state index in [0.717, 1.165) is 0 Å². The number of hydrogen-bond donors (Lipinski definition) is 1. The molecule has 0 amide bonds. The number of nitrogens with two attached hydrogens (primary N) is 1. The van der Waals surface area contributed by atoms with Crippen molar-refractivity contribution >= 4 is 33.6 Å². The van der Waals surface area contributed by atoms with Gasteiger partial charge in [0.05, 0.1) is 17.6 Å². The van der Waals surface area contributed by atoms with Crippen molar-refractivity contribution in [3.05, 3.63) is 22.2 Å². The van der Waals surface area contributed by atoms with E-state index in [9.17, 15) is 0 Å². The number of hydrogen-bond acceptors (Lipinski definition) is 3. The summed E-state index contributed by atoms with van der Waals surface area (Å²) >= 11 is 3.28. The highest BCUT2D eigenvalue weighted by atomic mass is 79.9. The highest BCUT2D eigenvalue weighted by Gasteiger charge is 2.06. The standard InChI is InChI=1S/C10H11BrN4/c1-15(2)6-14-10-4-7(13)3-9(11)8(10)5-12/h3-4,6H,13H2,1-2H3/b14-6+. The van der Waals surface area contributed by atoms with Crippen LogP contribution < -0.4 is 5.73 Å². The topological polar surface area (TPSA) is 65.4 Å². The first-order chi connectivity index (χ1) is 7.04. The minimum Gasteiger partial charge on any atom is -0.399 e. The van der Waals surface area contributed by atoms with E-state index in [1.54, 1.807) is 23.4 Å². The summed E-state index contributed by atoms with van der Waals surface area (Å²) in [5.74, 6) is 0. The van der Waals surface area contributed by atoms with Gasteiger partial charge in [-0.3, -0.25) is 0 Å². The summed E-state index contributed by atoms with van der Waals surface area (Å²) in [5, 5.41) is 8.95. The van der Waals surface area contributed by atoms with E-state index in [2.05, 4.69) is 27.0 Å². The number of nitrogens with zero attached hydrogens (tertiary/aromatic N) is 3. The molecule has 0 radical (unpaired) electrons. The van der Waals surface area contributed by atoms with Crippen molar-refractivity contribution in [2.24, 2.45) is 4.99 Å². The smallest absolute Gasteiger partial charge is 0.103 e. The third kappa shape index (κ3) is 2.96. The van der Waals surface area contributed by atoms with E-state index in [1.807, 2.05) is 14.1 Å². The van der Waals surface area contributed by atoms with Crippen LogP contribution in [-0.4, -0.2) is 25.3 Å². The van der Waals surface area contributed by atoms with Crippen LogP contribution >= 0.6 is 15.9 Å². The van der Waals surface area contributed by atoms with Gasteiger partial charge in [0.25, 0.3) is 0 Å². The first-order valence-corrected chi connectivity index (χ1v) is 5.03. The molecule has 2 N–H and O–H groups in total. The van der Waals surface area contributed by atoms with Crippen LogP contribution in [0.3, 0.4) is 0 Å². The molecule has 0 bridgehead atoms. The van der Waals surface area contributed by atoms with Crippen LogP contribution in [-0.2, 0) is 0 Å². The average molecular weight is 267 g/mol. The number of benzene rings is 1. The van der Waals surface area contributed by atoms with Gasteiger partial charge in [0.15, 0.2) is 0 Å². The normalized spacial score (nSPS) is 10.3. The van der Waals surface area contributed by atoms with Crippen LogP contribution in [0.5, 0.6) is 0 Å². The molecule has 4 nitrogen and oxygen atoms in total. The molecule has 0 aliphatic carbocycles. The predicted octanol–water partition coefficient (Wildman–Crippen LogP) is 2.12. The second-order valence-corrected chi connectivity index (χ2v) is 4.07. The van der Waals surface area contributed by atoms with Gasteiger partial charge in [-0.15, -0.1) is 0 Å². The number of nitrogen functional groups attached to an aromatic ring is 1. The molecule has 5 heteroatoms. The van der Waals surface area contributed by atoms with Gasteiger partial charge in [0.1, 0.15) is 6.07 Å². The van der Waals surface area contributed by atoms with E-state index in [-0.39, 0.29) is 0 Å². The van der Waals surface area contributed by atoms with Crippen LogP contribution in [0, 0.1) is 11.3 Å². The molecule has 0 fully saturated rings. The molecule has 0 heterocycles. The number of anilines is 1. The Morgan fingerprint density at radius 1 is 1.53 bits per heavy atom. The van der Waals surface area contributed by atoms with E-state index >= 15 is 0 Å². The van der Waals surface area contributed by atoms with E-state index in [4.69, 9.17) is 11.0 Å².